The van der Waals surface area contributed by atoms with Gasteiger partial charge in [-0.25, -0.2) is 0 Å². The number of morpholine rings is 1. The van der Waals surface area contributed by atoms with Gasteiger partial charge in [-0.2, -0.15) is 0 Å². The number of ether oxygens (including phenoxy) is 2. The zero-order valence-electron chi connectivity index (χ0n) is 8.75. The third-order valence-corrected chi connectivity index (χ3v) is 2.16. The van der Waals surface area contributed by atoms with Crippen molar-refractivity contribution in [3.05, 3.63) is 0 Å². The van der Waals surface area contributed by atoms with Crippen molar-refractivity contribution in [1.29, 1.82) is 0 Å². The van der Waals surface area contributed by atoms with Crippen molar-refractivity contribution in [1.82, 2.24) is 5.32 Å². The van der Waals surface area contributed by atoms with E-state index < -0.39 is 0 Å². The number of esters is 1. The largest absolute Gasteiger partial charge is 0.466 e. The van der Waals surface area contributed by atoms with E-state index in [4.69, 9.17) is 9.47 Å². The smallest absolute Gasteiger partial charge is 0.308 e. The Bertz CT molecular complexity index is 167. The molecule has 82 valence electrons. The molecule has 1 aliphatic heterocycles. The van der Waals surface area contributed by atoms with Crippen molar-refractivity contribution in [2.75, 3.05) is 26.3 Å². The fourth-order valence-corrected chi connectivity index (χ4v) is 1.33. The third-order valence-electron chi connectivity index (χ3n) is 2.16. The van der Waals surface area contributed by atoms with Crippen LogP contribution in [0, 0.1) is 0 Å². The molecule has 0 saturated carbocycles. The molecule has 1 rings (SSSR count). The number of carbonyl (C=O) groups is 1. The molecule has 4 heteroatoms. The minimum Gasteiger partial charge on any atom is -0.466 e. The lowest BCUT2D eigenvalue weighted by molar-refractivity contribution is -0.147. The average molecular weight is 201 g/mol. The molecule has 0 aromatic heterocycles. The lowest BCUT2D eigenvalue weighted by Gasteiger charge is -2.22. The van der Waals surface area contributed by atoms with E-state index in [0.717, 1.165) is 25.9 Å². The lowest BCUT2D eigenvalue weighted by Crippen LogP contribution is -2.39. The minimum absolute atomic E-state index is 0.00197. The highest BCUT2D eigenvalue weighted by Gasteiger charge is 2.17. The van der Waals surface area contributed by atoms with Gasteiger partial charge < -0.3 is 14.8 Å². The summed E-state index contributed by atoms with van der Waals surface area (Å²) in [5.74, 6) is -0.146. The molecule has 0 radical (unpaired) electrons. The predicted octanol–water partition coefficient (Wildman–Crippen LogP) is 0.708. The van der Waals surface area contributed by atoms with Gasteiger partial charge in [-0.1, -0.05) is 13.3 Å². The lowest BCUT2D eigenvalue weighted by atomic mass is 10.2. The van der Waals surface area contributed by atoms with Gasteiger partial charge in [-0.05, 0) is 6.42 Å². The van der Waals surface area contributed by atoms with Gasteiger partial charge in [0.05, 0.1) is 25.7 Å². The molecule has 1 unspecified atom stereocenters. The molecule has 14 heavy (non-hydrogen) atoms. The Hall–Kier alpha value is -0.610. The van der Waals surface area contributed by atoms with Crippen LogP contribution in [0.4, 0.5) is 0 Å². The zero-order valence-corrected chi connectivity index (χ0v) is 8.75. The van der Waals surface area contributed by atoms with Crippen molar-refractivity contribution in [2.24, 2.45) is 0 Å². The second kappa shape index (κ2) is 6.79. The maximum absolute atomic E-state index is 11.3. The molecule has 1 saturated heterocycles. The van der Waals surface area contributed by atoms with Crippen LogP contribution in [0.3, 0.4) is 0 Å². The molecule has 1 fully saturated rings. The fourth-order valence-electron chi connectivity index (χ4n) is 1.33. The van der Waals surface area contributed by atoms with E-state index in [1.54, 1.807) is 0 Å². The predicted molar refractivity (Wildman–Crippen MR) is 53.1 cm³/mol. The summed E-state index contributed by atoms with van der Waals surface area (Å²) in [6.45, 7) is 4.93. The second-order valence-corrected chi connectivity index (χ2v) is 3.48. The van der Waals surface area contributed by atoms with Gasteiger partial charge in [0.25, 0.3) is 0 Å². The number of nitrogens with one attached hydrogen (secondary N) is 1. The van der Waals surface area contributed by atoms with Crippen LogP contribution in [-0.2, 0) is 14.3 Å². The number of rotatable bonds is 5. The molecule has 1 aliphatic rings. The van der Waals surface area contributed by atoms with Crippen LogP contribution >= 0.6 is 0 Å². The Kier molecular flexibility index (Phi) is 5.56. The molecule has 0 bridgehead atoms. The molecule has 0 aromatic rings. The standard InChI is InChI=1S/C10H19NO3/c1-2-3-5-14-10(12)7-9-8-11-4-6-13-9/h9,11H,2-8H2,1H3. The van der Waals surface area contributed by atoms with Crippen LogP contribution in [0.5, 0.6) is 0 Å². The summed E-state index contributed by atoms with van der Waals surface area (Å²) in [7, 11) is 0. The zero-order chi connectivity index (χ0) is 10.2. The highest BCUT2D eigenvalue weighted by Crippen LogP contribution is 2.03. The van der Waals surface area contributed by atoms with Crippen LogP contribution < -0.4 is 5.32 Å². The Labute approximate surface area is 85.0 Å². The van der Waals surface area contributed by atoms with Crippen LogP contribution in [0.1, 0.15) is 26.2 Å². The summed E-state index contributed by atoms with van der Waals surface area (Å²) in [5, 5.41) is 3.17. The van der Waals surface area contributed by atoms with E-state index in [1.807, 2.05) is 0 Å². The SMILES string of the molecule is CCCCOC(=O)CC1CNCCO1. The summed E-state index contributed by atoms with van der Waals surface area (Å²) in [5.41, 5.74) is 0. The molecule has 0 aliphatic carbocycles. The second-order valence-electron chi connectivity index (χ2n) is 3.48. The van der Waals surface area contributed by atoms with Gasteiger partial charge in [0, 0.05) is 13.1 Å². The van der Waals surface area contributed by atoms with Gasteiger partial charge >= 0.3 is 5.97 Å². The molecule has 0 aromatic carbocycles. The van der Waals surface area contributed by atoms with E-state index in [0.29, 0.717) is 19.6 Å². The Balaban J connectivity index is 2.06. The summed E-state index contributed by atoms with van der Waals surface area (Å²) in [6, 6.07) is 0. The maximum Gasteiger partial charge on any atom is 0.308 e. The van der Waals surface area contributed by atoms with Crippen molar-refractivity contribution in [3.8, 4) is 0 Å². The van der Waals surface area contributed by atoms with Gasteiger partial charge in [0.1, 0.15) is 0 Å². The summed E-state index contributed by atoms with van der Waals surface area (Å²) in [4.78, 5) is 11.3. The van der Waals surface area contributed by atoms with E-state index in [9.17, 15) is 4.79 Å². The number of carbonyl (C=O) groups excluding carboxylic acids is 1. The van der Waals surface area contributed by atoms with Crippen LogP contribution in [-0.4, -0.2) is 38.4 Å². The van der Waals surface area contributed by atoms with Crippen LogP contribution in [0.25, 0.3) is 0 Å². The number of unbranched alkanes of at least 4 members (excludes halogenated alkanes) is 1. The topological polar surface area (TPSA) is 47.6 Å². The average Bonchev–Trinajstić information content (AvgIpc) is 2.20. The first-order chi connectivity index (χ1) is 6.83. The van der Waals surface area contributed by atoms with Gasteiger partial charge in [0.2, 0.25) is 0 Å². The van der Waals surface area contributed by atoms with E-state index in [1.165, 1.54) is 0 Å². The summed E-state index contributed by atoms with van der Waals surface area (Å²) >= 11 is 0. The minimum atomic E-state index is -0.146. The van der Waals surface area contributed by atoms with Crippen molar-refractivity contribution >= 4 is 5.97 Å². The van der Waals surface area contributed by atoms with Crippen LogP contribution in [0.2, 0.25) is 0 Å². The van der Waals surface area contributed by atoms with Crippen molar-refractivity contribution in [2.45, 2.75) is 32.3 Å². The Morgan fingerprint density at radius 1 is 1.64 bits per heavy atom. The van der Waals surface area contributed by atoms with Crippen molar-refractivity contribution in [3.63, 3.8) is 0 Å². The van der Waals surface area contributed by atoms with Gasteiger partial charge in [0.15, 0.2) is 0 Å². The highest BCUT2D eigenvalue weighted by molar-refractivity contribution is 5.70. The van der Waals surface area contributed by atoms with Crippen LogP contribution in [0.15, 0.2) is 0 Å². The Morgan fingerprint density at radius 3 is 3.14 bits per heavy atom. The molecule has 1 atom stereocenters. The van der Waals surface area contributed by atoms with Gasteiger partial charge in [-0.3, -0.25) is 4.79 Å². The quantitative estimate of drug-likeness (QED) is 0.525. The third kappa shape index (κ3) is 4.58. The fraction of sp³-hybridized carbons (Fsp3) is 0.900. The first-order valence-corrected chi connectivity index (χ1v) is 5.31. The van der Waals surface area contributed by atoms with E-state index in [-0.39, 0.29) is 12.1 Å². The molecule has 0 amide bonds. The normalized spacial score (nSPS) is 21.9. The molecule has 1 N–H and O–H groups in total. The first kappa shape index (κ1) is 11.5. The summed E-state index contributed by atoms with van der Waals surface area (Å²) < 4.78 is 10.4. The summed E-state index contributed by atoms with van der Waals surface area (Å²) in [6.07, 6.45) is 2.36. The first-order valence-electron chi connectivity index (χ1n) is 5.31. The van der Waals surface area contributed by atoms with E-state index >= 15 is 0 Å². The number of hydrogen-bond donors (Lipinski definition) is 1. The monoisotopic (exact) mass is 201 g/mol. The van der Waals surface area contributed by atoms with E-state index in [2.05, 4.69) is 12.2 Å². The molecular weight excluding hydrogens is 182 g/mol. The number of hydrogen-bond acceptors (Lipinski definition) is 4. The van der Waals surface area contributed by atoms with Crippen molar-refractivity contribution < 1.29 is 14.3 Å². The maximum atomic E-state index is 11.3. The molecular formula is C10H19NO3. The highest BCUT2D eigenvalue weighted by atomic mass is 16.5. The Morgan fingerprint density at radius 2 is 2.50 bits per heavy atom. The molecule has 4 nitrogen and oxygen atoms in total. The molecule has 1 heterocycles. The molecule has 0 spiro atoms. The van der Waals surface area contributed by atoms with Gasteiger partial charge in [-0.15, -0.1) is 0 Å².